The number of nitrogens with one attached hydrogen (secondary N) is 2. The number of rotatable bonds is 6. The van der Waals surface area contributed by atoms with E-state index in [1.807, 2.05) is 62.4 Å². The van der Waals surface area contributed by atoms with Gasteiger partial charge in [0.05, 0.1) is 24.7 Å². The van der Waals surface area contributed by atoms with Crippen LogP contribution < -0.4 is 15.4 Å². The summed E-state index contributed by atoms with van der Waals surface area (Å²) in [5.41, 5.74) is 5.39. The first-order chi connectivity index (χ1) is 13.0. The highest BCUT2D eigenvalue weighted by Gasteiger charge is 2.08. The number of aryl methyl sites for hydroxylation is 2. The summed E-state index contributed by atoms with van der Waals surface area (Å²) < 4.78 is 5.37. The fourth-order valence-corrected chi connectivity index (χ4v) is 2.66. The minimum Gasteiger partial charge on any atom is -0.495 e. The Kier molecular flexibility index (Phi) is 5.71. The van der Waals surface area contributed by atoms with Gasteiger partial charge in [-0.1, -0.05) is 35.9 Å². The predicted octanol–water partition coefficient (Wildman–Crippen LogP) is 4.38. The monoisotopic (exact) mass is 361 g/mol. The van der Waals surface area contributed by atoms with E-state index in [0.717, 1.165) is 28.3 Å². The zero-order valence-corrected chi connectivity index (χ0v) is 15.7. The first-order valence-electron chi connectivity index (χ1n) is 8.76. The van der Waals surface area contributed by atoms with E-state index in [9.17, 15) is 4.79 Å². The number of nitrogens with zero attached hydrogens (tertiary/aromatic N) is 1. The molecule has 5 heteroatoms. The maximum absolute atomic E-state index is 12.3. The maximum Gasteiger partial charge on any atom is 0.270 e. The van der Waals surface area contributed by atoms with Crippen LogP contribution in [0.15, 0.2) is 60.8 Å². The number of ether oxygens (including phenoxy) is 1. The Labute approximate surface area is 159 Å². The second kappa shape index (κ2) is 8.36. The summed E-state index contributed by atoms with van der Waals surface area (Å²) >= 11 is 0. The molecule has 1 aromatic heterocycles. The van der Waals surface area contributed by atoms with Crippen LogP contribution in [0.25, 0.3) is 0 Å². The zero-order chi connectivity index (χ0) is 19.2. The van der Waals surface area contributed by atoms with Gasteiger partial charge in [0.15, 0.2) is 0 Å². The highest BCUT2D eigenvalue weighted by Crippen LogP contribution is 2.28. The Morgan fingerprint density at radius 1 is 1.00 bits per heavy atom. The Balaban J connectivity index is 1.63. The summed E-state index contributed by atoms with van der Waals surface area (Å²) in [6, 6.07) is 17.5. The molecule has 0 bridgehead atoms. The predicted molar refractivity (Wildman–Crippen MR) is 108 cm³/mol. The van der Waals surface area contributed by atoms with Crippen molar-refractivity contribution in [3.05, 3.63) is 83.2 Å². The van der Waals surface area contributed by atoms with Gasteiger partial charge in [-0.3, -0.25) is 4.79 Å². The molecule has 0 aliphatic carbocycles. The average molecular weight is 361 g/mol. The third kappa shape index (κ3) is 4.85. The molecule has 0 saturated heterocycles. The van der Waals surface area contributed by atoms with Gasteiger partial charge < -0.3 is 15.4 Å². The fraction of sp³-hybridized carbons (Fsp3) is 0.182. The summed E-state index contributed by atoms with van der Waals surface area (Å²) in [6.07, 6.45) is 1.64. The number of carbonyl (C=O) groups excluding carboxylic acids is 1. The van der Waals surface area contributed by atoms with Crippen molar-refractivity contribution in [2.75, 3.05) is 12.4 Å². The molecule has 0 atom stereocenters. The summed E-state index contributed by atoms with van der Waals surface area (Å²) in [4.78, 5) is 16.5. The van der Waals surface area contributed by atoms with Crippen molar-refractivity contribution in [3.63, 3.8) is 0 Å². The average Bonchev–Trinajstić information content (AvgIpc) is 2.68. The Bertz CT molecular complexity index is 919. The molecule has 3 rings (SSSR count). The van der Waals surface area contributed by atoms with Crippen molar-refractivity contribution in [1.82, 2.24) is 10.3 Å². The van der Waals surface area contributed by atoms with Crippen molar-refractivity contribution < 1.29 is 9.53 Å². The number of anilines is 2. The molecular formula is C22H23N3O2. The smallest absolute Gasteiger partial charge is 0.270 e. The minimum atomic E-state index is -0.199. The van der Waals surface area contributed by atoms with E-state index in [1.54, 1.807) is 19.4 Å². The van der Waals surface area contributed by atoms with Crippen molar-refractivity contribution >= 4 is 17.3 Å². The first-order valence-corrected chi connectivity index (χ1v) is 8.76. The zero-order valence-electron chi connectivity index (χ0n) is 15.7. The van der Waals surface area contributed by atoms with Crippen LogP contribution in [0.4, 0.5) is 11.4 Å². The Hall–Kier alpha value is -3.34. The number of hydrogen-bond donors (Lipinski definition) is 2. The molecule has 1 amide bonds. The van der Waals surface area contributed by atoms with Crippen LogP contribution in [0, 0.1) is 13.8 Å². The van der Waals surface area contributed by atoms with E-state index in [4.69, 9.17) is 4.74 Å². The molecule has 1 heterocycles. The molecule has 0 radical (unpaired) electrons. The molecule has 2 aromatic carbocycles. The minimum absolute atomic E-state index is 0.199. The van der Waals surface area contributed by atoms with E-state index < -0.39 is 0 Å². The van der Waals surface area contributed by atoms with Crippen LogP contribution in [0.5, 0.6) is 5.75 Å². The lowest BCUT2D eigenvalue weighted by atomic mass is 10.1. The lowest BCUT2D eigenvalue weighted by Crippen LogP contribution is -2.23. The highest BCUT2D eigenvalue weighted by molar-refractivity contribution is 5.92. The molecule has 138 valence electrons. The number of methoxy groups -OCH3 is 1. The van der Waals surface area contributed by atoms with Gasteiger partial charge in [0.25, 0.3) is 5.91 Å². The lowest BCUT2D eigenvalue weighted by molar-refractivity contribution is 0.0946. The van der Waals surface area contributed by atoms with Gasteiger partial charge in [0.1, 0.15) is 11.4 Å². The largest absolute Gasteiger partial charge is 0.495 e. The summed E-state index contributed by atoms with van der Waals surface area (Å²) in [7, 11) is 1.63. The van der Waals surface area contributed by atoms with Gasteiger partial charge in [-0.15, -0.1) is 0 Å². The molecule has 27 heavy (non-hydrogen) atoms. The van der Waals surface area contributed by atoms with Gasteiger partial charge in [0, 0.05) is 6.54 Å². The summed E-state index contributed by atoms with van der Waals surface area (Å²) in [6.45, 7) is 4.53. The van der Waals surface area contributed by atoms with Crippen LogP contribution >= 0.6 is 0 Å². The summed E-state index contributed by atoms with van der Waals surface area (Å²) in [5, 5.41) is 6.16. The van der Waals surface area contributed by atoms with Crippen molar-refractivity contribution in [3.8, 4) is 5.75 Å². The van der Waals surface area contributed by atoms with E-state index in [0.29, 0.717) is 12.2 Å². The van der Waals surface area contributed by atoms with Crippen LogP contribution in [0.1, 0.15) is 27.2 Å². The molecular weight excluding hydrogens is 338 g/mol. The Morgan fingerprint density at radius 2 is 1.74 bits per heavy atom. The van der Waals surface area contributed by atoms with Crippen LogP contribution in [-0.2, 0) is 6.54 Å². The molecule has 0 unspecified atom stereocenters. The van der Waals surface area contributed by atoms with Crippen LogP contribution in [0.3, 0.4) is 0 Å². The van der Waals surface area contributed by atoms with E-state index in [-0.39, 0.29) is 5.91 Å². The molecule has 2 N–H and O–H groups in total. The maximum atomic E-state index is 12.3. The van der Waals surface area contributed by atoms with Gasteiger partial charge >= 0.3 is 0 Å². The SMILES string of the molecule is COc1ccc(C)cc1Nc1ccc(C(=O)NCc2ccc(C)cc2)nc1. The summed E-state index contributed by atoms with van der Waals surface area (Å²) in [5.74, 6) is 0.552. The third-order valence-electron chi connectivity index (χ3n) is 4.20. The van der Waals surface area contributed by atoms with Crippen molar-refractivity contribution in [2.24, 2.45) is 0 Å². The van der Waals surface area contributed by atoms with E-state index >= 15 is 0 Å². The molecule has 0 fully saturated rings. The second-order valence-electron chi connectivity index (χ2n) is 6.43. The first kappa shape index (κ1) is 18.5. The number of pyridine rings is 1. The quantitative estimate of drug-likeness (QED) is 0.684. The van der Waals surface area contributed by atoms with Gasteiger partial charge in [-0.05, 0) is 49.2 Å². The molecule has 3 aromatic rings. The highest BCUT2D eigenvalue weighted by atomic mass is 16.5. The standard InChI is InChI=1S/C22H23N3O2/c1-15-4-7-17(8-5-15)13-24-22(26)19-10-9-18(14-23-19)25-20-12-16(2)6-11-21(20)27-3/h4-12,14,25H,13H2,1-3H3,(H,24,26). The second-order valence-corrected chi connectivity index (χ2v) is 6.43. The van der Waals surface area contributed by atoms with Crippen molar-refractivity contribution in [2.45, 2.75) is 20.4 Å². The molecule has 0 spiro atoms. The van der Waals surface area contributed by atoms with Crippen molar-refractivity contribution in [1.29, 1.82) is 0 Å². The number of benzene rings is 2. The Morgan fingerprint density at radius 3 is 2.41 bits per heavy atom. The number of amides is 1. The number of hydrogen-bond acceptors (Lipinski definition) is 4. The fourth-order valence-electron chi connectivity index (χ4n) is 2.66. The van der Waals surface area contributed by atoms with Crippen LogP contribution in [0.2, 0.25) is 0 Å². The number of aromatic nitrogens is 1. The topological polar surface area (TPSA) is 63.2 Å². The normalized spacial score (nSPS) is 10.3. The van der Waals surface area contributed by atoms with Crippen LogP contribution in [-0.4, -0.2) is 18.0 Å². The third-order valence-corrected chi connectivity index (χ3v) is 4.20. The molecule has 0 aliphatic heterocycles. The lowest BCUT2D eigenvalue weighted by Gasteiger charge is -2.12. The molecule has 0 saturated carbocycles. The van der Waals surface area contributed by atoms with E-state index in [1.165, 1.54) is 5.56 Å². The van der Waals surface area contributed by atoms with Gasteiger partial charge in [-0.2, -0.15) is 0 Å². The number of carbonyl (C=O) groups is 1. The van der Waals surface area contributed by atoms with E-state index in [2.05, 4.69) is 15.6 Å². The van der Waals surface area contributed by atoms with Gasteiger partial charge in [-0.25, -0.2) is 4.98 Å². The molecule has 5 nitrogen and oxygen atoms in total. The van der Waals surface area contributed by atoms with Gasteiger partial charge in [0.2, 0.25) is 0 Å². The molecule has 0 aliphatic rings.